The maximum Gasteiger partial charge on any atom is 0.307 e. The molecular weight excluding hydrogens is 438 g/mol. The van der Waals surface area contributed by atoms with Gasteiger partial charge in [-0.2, -0.15) is 0 Å². The maximum atomic E-state index is 13.8. The van der Waals surface area contributed by atoms with E-state index in [4.69, 9.17) is 9.72 Å². The van der Waals surface area contributed by atoms with E-state index in [-0.39, 0.29) is 11.8 Å². The van der Waals surface area contributed by atoms with Crippen LogP contribution in [0, 0.1) is 18.6 Å². The Kier molecular flexibility index (Phi) is 5.15. The molecule has 0 aliphatic carbocycles. The van der Waals surface area contributed by atoms with Gasteiger partial charge in [0.05, 0.1) is 13.0 Å². The Bertz CT molecular complexity index is 1460. The highest BCUT2D eigenvalue weighted by Gasteiger charge is 2.32. The largest absolute Gasteiger partial charge is 0.492 e. The molecule has 0 radical (unpaired) electrons. The first-order valence-electron chi connectivity index (χ1n) is 11.1. The van der Waals surface area contributed by atoms with Gasteiger partial charge in [-0.25, -0.2) is 13.8 Å². The number of fused-ring (bicyclic) bond motifs is 2. The van der Waals surface area contributed by atoms with Crippen LogP contribution in [0.25, 0.3) is 22.2 Å². The summed E-state index contributed by atoms with van der Waals surface area (Å²) in [6.07, 6.45) is 1.68. The Balaban J connectivity index is 1.70. The number of pyridine rings is 1. The average molecular weight is 462 g/mol. The van der Waals surface area contributed by atoms with Crippen LogP contribution in [0.5, 0.6) is 5.75 Å². The summed E-state index contributed by atoms with van der Waals surface area (Å²) in [4.78, 5) is 16.4. The van der Waals surface area contributed by atoms with Gasteiger partial charge in [-0.15, -0.1) is 0 Å². The van der Waals surface area contributed by atoms with Crippen LogP contribution in [-0.4, -0.2) is 27.2 Å². The molecule has 2 aromatic heterocycles. The van der Waals surface area contributed by atoms with Crippen LogP contribution < -0.4 is 4.74 Å². The summed E-state index contributed by atoms with van der Waals surface area (Å²) in [5.41, 5.74) is 5.17. The van der Waals surface area contributed by atoms with Crippen molar-refractivity contribution < 1.29 is 23.4 Å². The molecule has 3 heterocycles. The van der Waals surface area contributed by atoms with Crippen molar-refractivity contribution in [1.29, 1.82) is 0 Å². The number of carboxylic acids is 1. The fourth-order valence-corrected chi connectivity index (χ4v) is 4.69. The second kappa shape index (κ2) is 7.94. The first kappa shape index (κ1) is 22.1. The molecule has 4 aromatic rings. The Morgan fingerprint density at radius 2 is 1.94 bits per heavy atom. The predicted molar refractivity (Wildman–Crippen MR) is 125 cm³/mol. The third-order valence-electron chi connectivity index (χ3n) is 6.47. The van der Waals surface area contributed by atoms with Crippen LogP contribution in [0.2, 0.25) is 0 Å². The van der Waals surface area contributed by atoms with Crippen molar-refractivity contribution >= 4 is 17.0 Å². The Hall–Kier alpha value is -3.74. The number of benzene rings is 2. The molecule has 0 saturated carbocycles. The first-order valence-corrected chi connectivity index (χ1v) is 11.1. The van der Waals surface area contributed by atoms with E-state index in [0.29, 0.717) is 35.6 Å². The summed E-state index contributed by atoms with van der Waals surface area (Å²) in [6.45, 7) is 6.93. The van der Waals surface area contributed by atoms with Crippen LogP contribution >= 0.6 is 0 Å². The van der Waals surface area contributed by atoms with E-state index in [1.54, 1.807) is 13.0 Å². The summed E-state index contributed by atoms with van der Waals surface area (Å²) in [7, 11) is 0. The van der Waals surface area contributed by atoms with E-state index in [9.17, 15) is 18.7 Å². The molecule has 5 nitrogen and oxygen atoms in total. The third-order valence-corrected chi connectivity index (χ3v) is 6.47. The molecule has 0 bridgehead atoms. The van der Waals surface area contributed by atoms with Crippen LogP contribution in [-0.2, 0) is 23.2 Å². The normalized spacial score (nSPS) is 14.3. The quantitative estimate of drug-likeness (QED) is 0.417. The van der Waals surface area contributed by atoms with Crippen molar-refractivity contribution in [2.75, 3.05) is 6.61 Å². The van der Waals surface area contributed by atoms with E-state index in [1.807, 2.05) is 29.0 Å². The number of aromatic nitrogens is 2. The fourth-order valence-electron chi connectivity index (χ4n) is 4.69. The summed E-state index contributed by atoms with van der Waals surface area (Å²) >= 11 is 0. The Morgan fingerprint density at radius 3 is 2.68 bits per heavy atom. The monoisotopic (exact) mass is 462 g/mol. The summed E-state index contributed by atoms with van der Waals surface area (Å²) < 4.78 is 34.8. The highest BCUT2D eigenvalue weighted by Crippen LogP contribution is 2.43. The standard InChI is InChI=1S/C27H24F2N2O3/c1-15-19(12-24(32)33)25(17-5-7-23-20(11-17)27(2,3)14-34-23)18-8-9-31(26(18)30-15)13-16-4-6-21(28)22(29)10-16/h4-11H,12-14H2,1-3H3,(H,32,33). The van der Waals surface area contributed by atoms with Crippen molar-refractivity contribution in [2.45, 2.75) is 39.2 Å². The van der Waals surface area contributed by atoms with Gasteiger partial charge in [-0.05, 0) is 59.5 Å². The molecule has 0 saturated heterocycles. The minimum atomic E-state index is -0.934. The SMILES string of the molecule is Cc1nc2c(ccn2Cc2ccc(F)c(F)c2)c(-c2ccc3c(c2)C(C)(C)CO3)c1CC(=O)O. The number of aliphatic carboxylic acids is 1. The molecule has 34 heavy (non-hydrogen) atoms. The highest BCUT2D eigenvalue weighted by atomic mass is 19.2. The molecule has 0 spiro atoms. The van der Waals surface area contributed by atoms with Crippen molar-refractivity contribution in [1.82, 2.24) is 9.55 Å². The minimum Gasteiger partial charge on any atom is -0.492 e. The molecule has 174 valence electrons. The van der Waals surface area contributed by atoms with E-state index in [0.717, 1.165) is 33.9 Å². The van der Waals surface area contributed by atoms with Gasteiger partial charge in [-0.3, -0.25) is 4.79 Å². The van der Waals surface area contributed by atoms with E-state index >= 15 is 0 Å². The van der Waals surface area contributed by atoms with Gasteiger partial charge in [0.2, 0.25) is 0 Å². The Morgan fingerprint density at radius 1 is 1.15 bits per heavy atom. The highest BCUT2D eigenvalue weighted by molar-refractivity contribution is 5.97. The fraction of sp³-hybridized carbons (Fsp3) is 0.259. The topological polar surface area (TPSA) is 64.4 Å². The maximum absolute atomic E-state index is 13.8. The first-order chi connectivity index (χ1) is 16.1. The number of nitrogens with zero attached hydrogens (tertiary/aromatic N) is 2. The predicted octanol–water partition coefficient (Wildman–Crippen LogP) is 5.64. The Labute approximate surface area is 195 Å². The number of ether oxygens (including phenoxy) is 1. The lowest BCUT2D eigenvalue weighted by Crippen LogP contribution is -2.18. The molecule has 0 atom stereocenters. The van der Waals surface area contributed by atoms with Crippen molar-refractivity contribution in [3.05, 3.63) is 82.7 Å². The lowest BCUT2D eigenvalue weighted by atomic mass is 9.84. The van der Waals surface area contributed by atoms with Gasteiger partial charge in [0, 0.05) is 34.8 Å². The number of halogens is 2. The molecule has 0 amide bonds. The zero-order chi connectivity index (χ0) is 24.2. The lowest BCUT2D eigenvalue weighted by molar-refractivity contribution is -0.136. The van der Waals surface area contributed by atoms with Gasteiger partial charge in [0.15, 0.2) is 11.6 Å². The molecule has 0 fully saturated rings. The van der Waals surface area contributed by atoms with Crippen LogP contribution in [0.1, 0.15) is 36.2 Å². The second-order valence-electron chi connectivity index (χ2n) is 9.43. The number of rotatable bonds is 5. The van der Waals surface area contributed by atoms with Gasteiger partial charge in [0.25, 0.3) is 0 Å². The second-order valence-corrected chi connectivity index (χ2v) is 9.43. The molecule has 1 aliphatic rings. The number of hydrogen-bond donors (Lipinski definition) is 1. The number of carbonyl (C=O) groups is 1. The number of aryl methyl sites for hydroxylation is 1. The summed E-state index contributed by atoms with van der Waals surface area (Å²) in [5.74, 6) is -1.88. The molecule has 2 aromatic carbocycles. The zero-order valence-corrected chi connectivity index (χ0v) is 19.2. The van der Waals surface area contributed by atoms with Crippen LogP contribution in [0.15, 0.2) is 48.7 Å². The molecule has 1 N–H and O–H groups in total. The molecular formula is C27H24F2N2O3. The third kappa shape index (κ3) is 3.71. The molecule has 5 rings (SSSR count). The van der Waals surface area contributed by atoms with Crippen molar-refractivity contribution in [3.63, 3.8) is 0 Å². The van der Waals surface area contributed by atoms with E-state index in [1.165, 1.54) is 6.07 Å². The smallest absolute Gasteiger partial charge is 0.307 e. The molecule has 7 heteroatoms. The number of carboxylic acid groups (broad SMARTS) is 1. The van der Waals surface area contributed by atoms with Crippen molar-refractivity contribution in [2.24, 2.45) is 0 Å². The van der Waals surface area contributed by atoms with E-state index < -0.39 is 17.6 Å². The summed E-state index contributed by atoms with van der Waals surface area (Å²) in [6, 6.07) is 11.7. The van der Waals surface area contributed by atoms with Gasteiger partial charge in [-0.1, -0.05) is 26.0 Å². The molecule has 1 aliphatic heterocycles. The van der Waals surface area contributed by atoms with Crippen molar-refractivity contribution in [3.8, 4) is 16.9 Å². The van der Waals surface area contributed by atoms with E-state index in [2.05, 4.69) is 19.9 Å². The summed E-state index contributed by atoms with van der Waals surface area (Å²) in [5, 5.41) is 10.4. The van der Waals surface area contributed by atoms with Crippen LogP contribution in [0.3, 0.4) is 0 Å². The van der Waals surface area contributed by atoms with Gasteiger partial charge >= 0.3 is 5.97 Å². The average Bonchev–Trinajstić information content (AvgIpc) is 3.31. The van der Waals surface area contributed by atoms with Crippen LogP contribution in [0.4, 0.5) is 8.78 Å². The molecule has 0 unspecified atom stereocenters. The minimum absolute atomic E-state index is 0.155. The lowest BCUT2D eigenvalue weighted by Gasteiger charge is -2.18. The zero-order valence-electron chi connectivity index (χ0n) is 19.2. The number of hydrogen-bond acceptors (Lipinski definition) is 3. The van der Waals surface area contributed by atoms with Gasteiger partial charge in [0.1, 0.15) is 11.4 Å². The van der Waals surface area contributed by atoms with Gasteiger partial charge < -0.3 is 14.4 Å².